The lowest BCUT2D eigenvalue weighted by molar-refractivity contribution is 0.110. The Balaban J connectivity index is 2.32. The van der Waals surface area contributed by atoms with E-state index in [9.17, 15) is 0 Å². The number of nitrogens with one attached hydrogen (secondary N) is 1. The summed E-state index contributed by atoms with van der Waals surface area (Å²) in [6, 6.07) is 6.50. The third-order valence-corrected chi connectivity index (χ3v) is 3.94. The van der Waals surface area contributed by atoms with Crippen LogP contribution in [0.5, 0.6) is 0 Å². The second-order valence-electron chi connectivity index (χ2n) is 5.64. The first-order valence-corrected chi connectivity index (χ1v) is 7.48. The van der Waals surface area contributed by atoms with Crippen molar-refractivity contribution < 1.29 is 4.74 Å². The van der Waals surface area contributed by atoms with Crippen LogP contribution < -0.4 is 5.32 Å². The number of nitrogens with zero attached hydrogens (tertiary/aromatic N) is 1. The first-order chi connectivity index (χ1) is 9.72. The van der Waals surface area contributed by atoms with Crippen LogP contribution in [0.25, 0.3) is 10.9 Å². The fraction of sp³-hybridized carbons (Fsp3) is 0.471. The van der Waals surface area contributed by atoms with E-state index in [0.29, 0.717) is 12.5 Å². The molecule has 1 N–H and O–H groups in total. The number of rotatable bonds is 3. The van der Waals surface area contributed by atoms with Crippen LogP contribution in [0.3, 0.4) is 0 Å². The summed E-state index contributed by atoms with van der Waals surface area (Å²) in [5.41, 5.74) is 6.14. The van der Waals surface area contributed by atoms with Crippen LogP contribution in [0.1, 0.15) is 43.5 Å². The third kappa shape index (κ3) is 2.16. The van der Waals surface area contributed by atoms with Crippen molar-refractivity contribution >= 4 is 16.6 Å². The number of fused-ring (bicyclic) bond motifs is 2. The second kappa shape index (κ2) is 5.41. The van der Waals surface area contributed by atoms with Gasteiger partial charge in [0.1, 0.15) is 0 Å². The molecule has 0 unspecified atom stereocenters. The van der Waals surface area contributed by atoms with Gasteiger partial charge >= 0.3 is 0 Å². The van der Waals surface area contributed by atoms with E-state index in [1.54, 1.807) is 0 Å². The quantitative estimate of drug-likeness (QED) is 0.919. The Morgan fingerprint density at radius 2 is 2.20 bits per heavy atom. The summed E-state index contributed by atoms with van der Waals surface area (Å²) in [5.74, 6) is 0.485. The molecule has 2 aromatic rings. The highest BCUT2D eigenvalue weighted by Gasteiger charge is 2.19. The lowest BCUT2D eigenvalue weighted by Crippen LogP contribution is -2.16. The van der Waals surface area contributed by atoms with E-state index in [4.69, 9.17) is 9.72 Å². The first-order valence-electron chi connectivity index (χ1n) is 7.48. The summed E-state index contributed by atoms with van der Waals surface area (Å²) in [4.78, 5) is 4.96. The maximum Gasteiger partial charge on any atom is 0.0760 e. The molecule has 1 aliphatic heterocycles. The molecule has 106 valence electrons. The number of hydrogen-bond donors (Lipinski definition) is 1. The second-order valence-corrected chi connectivity index (χ2v) is 5.64. The fourth-order valence-corrected chi connectivity index (χ4v) is 2.95. The average molecular weight is 270 g/mol. The van der Waals surface area contributed by atoms with E-state index in [2.05, 4.69) is 44.3 Å². The summed E-state index contributed by atoms with van der Waals surface area (Å²) in [6.07, 6.45) is 0.913. The van der Waals surface area contributed by atoms with Gasteiger partial charge in [-0.25, -0.2) is 0 Å². The van der Waals surface area contributed by atoms with Crippen molar-refractivity contribution in [2.75, 3.05) is 18.5 Å². The Kier molecular flexibility index (Phi) is 3.62. The molecule has 20 heavy (non-hydrogen) atoms. The Hall–Kier alpha value is -1.61. The number of pyridine rings is 1. The van der Waals surface area contributed by atoms with Gasteiger partial charge in [0.2, 0.25) is 0 Å². The van der Waals surface area contributed by atoms with Crippen molar-refractivity contribution in [3.63, 3.8) is 0 Å². The average Bonchev–Trinajstić information content (AvgIpc) is 2.46. The van der Waals surface area contributed by atoms with E-state index in [1.165, 1.54) is 27.9 Å². The summed E-state index contributed by atoms with van der Waals surface area (Å²) < 4.78 is 5.63. The highest BCUT2D eigenvalue weighted by molar-refractivity contribution is 5.95. The third-order valence-electron chi connectivity index (χ3n) is 3.94. The van der Waals surface area contributed by atoms with Gasteiger partial charge in [-0.3, -0.25) is 4.98 Å². The standard InChI is InChI=1S/C17H22N2O/c1-4-18-16-13-7-5-6-12(11(2)3)17(13)19-15-8-9-20-10-14(15)16/h5-7,11H,4,8-10H2,1-3H3,(H,18,19). The molecular weight excluding hydrogens is 248 g/mol. The van der Waals surface area contributed by atoms with Crippen LogP contribution in [-0.4, -0.2) is 18.1 Å². The van der Waals surface area contributed by atoms with Gasteiger partial charge in [0.05, 0.1) is 30.1 Å². The van der Waals surface area contributed by atoms with Crippen LogP contribution in [0, 0.1) is 0 Å². The Labute approximate surface area is 120 Å². The fourth-order valence-electron chi connectivity index (χ4n) is 2.95. The highest BCUT2D eigenvalue weighted by atomic mass is 16.5. The van der Waals surface area contributed by atoms with Crippen LogP contribution in [0.15, 0.2) is 18.2 Å². The molecular formula is C17H22N2O. The SMILES string of the molecule is CCNc1c2c(nc3c(C(C)C)cccc13)CCOC2. The van der Waals surface area contributed by atoms with Gasteiger partial charge in [0.25, 0.3) is 0 Å². The normalized spacial score (nSPS) is 14.6. The molecule has 3 heteroatoms. The predicted octanol–water partition coefficient (Wildman–Crippen LogP) is 3.86. The topological polar surface area (TPSA) is 34.2 Å². The molecule has 0 spiro atoms. The number of benzene rings is 1. The molecule has 2 heterocycles. The number of aromatic nitrogens is 1. The molecule has 0 bridgehead atoms. The van der Waals surface area contributed by atoms with Gasteiger partial charge in [-0.05, 0) is 18.4 Å². The first kappa shape index (κ1) is 13.4. The van der Waals surface area contributed by atoms with Crippen molar-refractivity contribution in [1.82, 2.24) is 4.98 Å². The van der Waals surface area contributed by atoms with Crippen LogP contribution in [-0.2, 0) is 17.8 Å². The predicted molar refractivity (Wildman–Crippen MR) is 83.4 cm³/mol. The van der Waals surface area contributed by atoms with E-state index >= 15 is 0 Å². The Morgan fingerprint density at radius 1 is 1.35 bits per heavy atom. The lowest BCUT2D eigenvalue weighted by Gasteiger charge is -2.23. The molecule has 1 aromatic carbocycles. The lowest BCUT2D eigenvalue weighted by atomic mass is 9.96. The van der Waals surface area contributed by atoms with E-state index in [1.807, 2.05) is 0 Å². The van der Waals surface area contributed by atoms with Gasteiger partial charge in [-0.2, -0.15) is 0 Å². The largest absolute Gasteiger partial charge is 0.384 e. The minimum atomic E-state index is 0.485. The Bertz CT molecular complexity index is 634. The summed E-state index contributed by atoms with van der Waals surface area (Å²) in [5, 5.41) is 4.75. The highest BCUT2D eigenvalue weighted by Crippen LogP contribution is 2.34. The van der Waals surface area contributed by atoms with E-state index < -0.39 is 0 Å². The number of para-hydroxylation sites is 1. The molecule has 0 amide bonds. The molecule has 0 fully saturated rings. The maximum atomic E-state index is 5.63. The van der Waals surface area contributed by atoms with E-state index in [0.717, 1.165) is 25.1 Å². The number of anilines is 1. The minimum Gasteiger partial charge on any atom is -0.384 e. The number of hydrogen-bond acceptors (Lipinski definition) is 3. The molecule has 1 aliphatic rings. The molecule has 1 aromatic heterocycles. The van der Waals surface area contributed by atoms with Gasteiger partial charge in [0.15, 0.2) is 0 Å². The molecule has 0 saturated heterocycles. The smallest absolute Gasteiger partial charge is 0.0760 e. The molecule has 0 atom stereocenters. The summed E-state index contributed by atoms with van der Waals surface area (Å²) in [7, 11) is 0. The van der Waals surface area contributed by atoms with Crippen molar-refractivity contribution in [3.8, 4) is 0 Å². The molecule has 3 nitrogen and oxygen atoms in total. The van der Waals surface area contributed by atoms with Gasteiger partial charge in [-0.1, -0.05) is 32.0 Å². The molecule has 0 saturated carbocycles. The zero-order valence-corrected chi connectivity index (χ0v) is 12.5. The van der Waals surface area contributed by atoms with Crippen molar-refractivity contribution in [3.05, 3.63) is 35.0 Å². The number of ether oxygens (including phenoxy) is 1. The monoisotopic (exact) mass is 270 g/mol. The molecule has 3 rings (SSSR count). The molecule has 0 radical (unpaired) electrons. The van der Waals surface area contributed by atoms with Gasteiger partial charge in [0, 0.05) is 23.9 Å². The summed E-state index contributed by atoms with van der Waals surface area (Å²) in [6.45, 7) is 8.96. The van der Waals surface area contributed by atoms with Crippen molar-refractivity contribution in [2.45, 2.75) is 39.7 Å². The van der Waals surface area contributed by atoms with Crippen molar-refractivity contribution in [1.29, 1.82) is 0 Å². The summed E-state index contributed by atoms with van der Waals surface area (Å²) >= 11 is 0. The minimum absolute atomic E-state index is 0.485. The van der Waals surface area contributed by atoms with Crippen LogP contribution in [0.2, 0.25) is 0 Å². The molecule has 0 aliphatic carbocycles. The van der Waals surface area contributed by atoms with Gasteiger partial charge < -0.3 is 10.1 Å². The van der Waals surface area contributed by atoms with Crippen molar-refractivity contribution in [2.24, 2.45) is 0 Å². The van der Waals surface area contributed by atoms with Crippen LogP contribution in [0.4, 0.5) is 5.69 Å². The maximum absolute atomic E-state index is 5.63. The van der Waals surface area contributed by atoms with E-state index in [-0.39, 0.29) is 0 Å². The zero-order valence-electron chi connectivity index (χ0n) is 12.5. The Morgan fingerprint density at radius 3 is 2.95 bits per heavy atom. The van der Waals surface area contributed by atoms with Crippen LogP contribution >= 0.6 is 0 Å². The zero-order chi connectivity index (χ0) is 14.1. The van der Waals surface area contributed by atoms with Gasteiger partial charge in [-0.15, -0.1) is 0 Å².